The summed E-state index contributed by atoms with van der Waals surface area (Å²) in [4.78, 5) is 8.68. The molecule has 0 spiro atoms. The van der Waals surface area contributed by atoms with Gasteiger partial charge in [-0.1, -0.05) is 19.8 Å². The van der Waals surface area contributed by atoms with Gasteiger partial charge in [0.1, 0.15) is 19.0 Å². The fourth-order valence-corrected chi connectivity index (χ4v) is 1.65. The predicted octanol–water partition coefficient (Wildman–Crippen LogP) is 2.25. The maximum Gasteiger partial charge on any atom is 0.218 e. The van der Waals surface area contributed by atoms with Gasteiger partial charge in [0.05, 0.1) is 6.61 Å². The first kappa shape index (κ1) is 16.7. The van der Waals surface area contributed by atoms with Gasteiger partial charge in [0.2, 0.25) is 5.88 Å². The molecule has 0 atom stereocenters. The molecule has 1 rings (SSSR count). The van der Waals surface area contributed by atoms with Crippen LogP contribution in [0.3, 0.4) is 0 Å². The summed E-state index contributed by atoms with van der Waals surface area (Å²) in [6.07, 6.45) is 3.53. The number of hydrogen-bond acceptors (Lipinski definition) is 6. The molecule has 0 aliphatic heterocycles. The van der Waals surface area contributed by atoms with Gasteiger partial charge in [0.25, 0.3) is 0 Å². The minimum Gasteiger partial charge on any atom is -0.475 e. The molecule has 0 radical (unpaired) electrons. The number of nitrogens with one attached hydrogen (secondary N) is 1. The van der Waals surface area contributed by atoms with Crippen LogP contribution in [-0.4, -0.2) is 43.9 Å². The van der Waals surface area contributed by atoms with Crippen molar-refractivity contribution in [3.8, 4) is 5.88 Å². The van der Waals surface area contributed by atoms with E-state index in [1.807, 2.05) is 0 Å². The second-order valence-corrected chi connectivity index (χ2v) is 4.42. The normalized spacial score (nSPS) is 10.6. The second kappa shape index (κ2) is 10.4. The monoisotopic (exact) mass is 283 g/mol. The zero-order valence-corrected chi connectivity index (χ0v) is 12.6. The lowest BCUT2D eigenvalue weighted by Gasteiger charge is -2.10. The number of ether oxygens (including phenoxy) is 3. The van der Waals surface area contributed by atoms with Crippen LogP contribution in [0.2, 0.25) is 0 Å². The van der Waals surface area contributed by atoms with Gasteiger partial charge in [0.15, 0.2) is 5.82 Å². The Bertz CT molecular complexity index is 375. The number of methoxy groups -OCH3 is 2. The van der Waals surface area contributed by atoms with E-state index in [1.54, 1.807) is 20.3 Å². The number of unbranched alkanes of at least 4 members (excludes halogenated alkanes) is 2. The summed E-state index contributed by atoms with van der Waals surface area (Å²) in [6, 6.07) is 1.81. The standard InChI is InChI=1S/C14H25N3O3/c1-4-5-6-7-15-12-10-14(20-9-8-18-2)17-13(16-12)11-19-3/h10H,4-9,11H2,1-3H3,(H,15,16,17). The molecule has 0 saturated heterocycles. The van der Waals surface area contributed by atoms with Crippen LogP contribution in [0.1, 0.15) is 32.0 Å². The number of rotatable bonds is 11. The second-order valence-electron chi connectivity index (χ2n) is 4.42. The molecule has 0 aliphatic rings. The molecule has 6 nitrogen and oxygen atoms in total. The van der Waals surface area contributed by atoms with E-state index in [0.717, 1.165) is 18.8 Å². The smallest absolute Gasteiger partial charge is 0.218 e. The van der Waals surface area contributed by atoms with E-state index in [4.69, 9.17) is 14.2 Å². The zero-order chi connectivity index (χ0) is 14.6. The average molecular weight is 283 g/mol. The van der Waals surface area contributed by atoms with Crippen molar-refractivity contribution in [1.29, 1.82) is 0 Å². The molecule has 0 aromatic carbocycles. The maximum atomic E-state index is 5.53. The van der Waals surface area contributed by atoms with Gasteiger partial charge in [-0.25, -0.2) is 4.98 Å². The van der Waals surface area contributed by atoms with E-state index >= 15 is 0 Å². The van der Waals surface area contributed by atoms with E-state index in [0.29, 0.717) is 31.5 Å². The van der Waals surface area contributed by atoms with Crippen molar-refractivity contribution in [2.24, 2.45) is 0 Å². The Morgan fingerprint density at radius 2 is 1.95 bits per heavy atom. The molecule has 0 bridgehead atoms. The first-order valence-corrected chi connectivity index (χ1v) is 7.02. The quantitative estimate of drug-likeness (QED) is 0.628. The van der Waals surface area contributed by atoms with Crippen LogP contribution in [0.4, 0.5) is 5.82 Å². The average Bonchev–Trinajstić information content (AvgIpc) is 2.44. The van der Waals surface area contributed by atoms with Crippen molar-refractivity contribution < 1.29 is 14.2 Å². The SMILES string of the molecule is CCCCCNc1cc(OCCOC)nc(COC)n1. The molecule has 114 valence electrons. The van der Waals surface area contributed by atoms with Crippen LogP contribution >= 0.6 is 0 Å². The van der Waals surface area contributed by atoms with Crippen LogP contribution in [0.15, 0.2) is 6.07 Å². The van der Waals surface area contributed by atoms with Crippen LogP contribution in [0, 0.1) is 0 Å². The van der Waals surface area contributed by atoms with Gasteiger partial charge in [-0.2, -0.15) is 4.98 Å². The van der Waals surface area contributed by atoms with Crippen LogP contribution in [-0.2, 0) is 16.1 Å². The van der Waals surface area contributed by atoms with Gasteiger partial charge < -0.3 is 19.5 Å². The summed E-state index contributed by atoms with van der Waals surface area (Å²) in [6.45, 7) is 4.45. The Balaban J connectivity index is 2.60. The molecule has 0 unspecified atom stereocenters. The largest absolute Gasteiger partial charge is 0.475 e. The van der Waals surface area contributed by atoms with Crippen molar-refractivity contribution >= 4 is 5.82 Å². The highest BCUT2D eigenvalue weighted by Crippen LogP contribution is 2.14. The topological polar surface area (TPSA) is 65.5 Å². The molecule has 1 aromatic rings. The van der Waals surface area contributed by atoms with Crippen LogP contribution in [0.25, 0.3) is 0 Å². The number of nitrogens with zero attached hydrogens (tertiary/aromatic N) is 2. The summed E-state index contributed by atoms with van der Waals surface area (Å²) in [5, 5.41) is 3.29. The summed E-state index contributed by atoms with van der Waals surface area (Å²) >= 11 is 0. The number of hydrogen-bond donors (Lipinski definition) is 1. The molecule has 0 amide bonds. The van der Waals surface area contributed by atoms with E-state index < -0.39 is 0 Å². The molecule has 0 fully saturated rings. The van der Waals surface area contributed by atoms with E-state index in [9.17, 15) is 0 Å². The third kappa shape index (κ3) is 6.68. The molecule has 20 heavy (non-hydrogen) atoms. The predicted molar refractivity (Wildman–Crippen MR) is 78.1 cm³/mol. The highest BCUT2D eigenvalue weighted by atomic mass is 16.5. The number of aromatic nitrogens is 2. The Morgan fingerprint density at radius 3 is 2.65 bits per heavy atom. The molecule has 6 heteroatoms. The van der Waals surface area contributed by atoms with Crippen molar-refractivity contribution in [3.63, 3.8) is 0 Å². The summed E-state index contributed by atoms with van der Waals surface area (Å²) in [5.74, 6) is 1.93. The summed E-state index contributed by atoms with van der Waals surface area (Å²) < 4.78 is 15.6. The summed E-state index contributed by atoms with van der Waals surface area (Å²) in [5.41, 5.74) is 0. The van der Waals surface area contributed by atoms with Gasteiger partial charge in [-0.05, 0) is 6.42 Å². The fraction of sp³-hybridized carbons (Fsp3) is 0.714. The first-order chi connectivity index (χ1) is 9.80. The maximum absolute atomic E-state index is 5.53. The highest BCUT2D eigenvalue weighted by Gasteiger charge is 2.05. The lowest BCUT2D eigenvalue weighted by molar-refractivity contribution is 0.142. The minimum atomic E-state index is 0.366. The zero-order valence-electron chi connectivity index (χ0n) is 12.6. The Kier molecular flexibility index (Phi) is 8.66. The number of anilines is 1. The van der Waals surface area contributed by atoms with Crippen molar-refractivity contribution in [2.45, 2.75) is 32.8 Å². The lowest BCUT2D eigenvalue weighted by Crippen LogP contribution is -2.10. The molecular formula is C14H25N3O3. The van der Waals surface area contributed by atoms with Crippen LogP contribution in [0.5, 0.6) is 5.88 Å². The Labute approximate surface area is 120 Å². The van der Waals surface area contributed by atoms with E-state index in [1.165, 1.54) is 12.8 Å². The van der Waals surface area contributed by atoms with Gasteiger partial charge >= 0.3 is 0 Å². The van der Waals surface area contributed by atoms with Crippen LogP contribution < -0.4 is 10.1 Å². The van der Waals surface area contributed by atoms with Gasteiger partial charge in [-0.3, -0.25) is 0 Å². The molecule has 1 N–H and O–H groups in total. The third-order valence-corrected chi connectivity index (χ3v) is 2.65. The molecule has 0 aliphatic carbocycles. The summed E-state index contributed by atoms with van der Waals surface area (Å²) in [7, 11) is 3.26. The highest BCUT2D eigenvalue weighted by molar-refractivity contribution is 5.38. The Morgan fingerprint density at radius 1 is 1.10 bits per heavy atom. The fourth-order valence-electron chi connectivity index (χ4n) is 1.65. The van der Waals surface area contributed by atoms with Crippen molar-refractivity contribution in [1.82, 2.24) is 9.97 Å². The van der Waals surface area contributed by atoms with Gasteiger partial charge in [0, 0.05) is 26.8 Å². The Hall–Kier alpha value is -1.40. The third-order valence-electron chi connectivity index (χ3n) is 2.65. The first-order valence-electron chi connectivity index (χ1n) is 7.02. The molecular weight excluding hydrogens is 258 g/mol. The lowest BCUT2D eigenvalue weighted by atomic mass is 10.2. The van der Waals surface area contributed by atoms with Crippen molar-refractivity contribution in [3.05, 3.63) is 11.9 Å². The molecule has 1 aromatic heterocycles. The molecule has 0 saturated carbocycles. The van der Waals surface area contributed by atoms with Gasteiger partial charge in [-0.15, -0.1) is 0 Å². The molecule has 1 heterocycles. The van der Waals surface area contributed by atoms with Crippen molar-refractivity contribution in [2.75, 3.05) is 39.3 Å². The van der Waals surface area contributed by atoms with E-state index in [2.05, 4.69) is 22.2 Å². The minimum absolute atomic E-state index is 0.366. The van der Waals surface area contributed by atoms with E-state index in [-0.39, 0.29) is 0 Å².